The summed E-state index contributed by atoms with van der Waals surface area (Å²) in [6.45, 7) is 17.4. The molecule has 30 heavy (non-hydrogen) atoms. The molecule has 4 rings (SSSR count). The first kappa shape index (κ1) is 22.6. The highest BCUT2D eigenvalue weighted by Gasteiger charge is 2.61. The van der Waals surface area contributed by atoms with Gasteiger partial charge < -0.3 is 5.11 Å². The molecule has 2 saturated carbocycles. The molecule has 4 aliphatic rings. The second-order valence-corrected chi connectivity index (χ2v) is 12.9. The zero-order valence-electron chi connectivity index (χ0n) is 20.9. The van der Waals surface area contributed by atoms with Crippen molar-refractivity contribution in [3.05, 3.63) is 23.3 Å². The van der Waals surface area contributed by atoms with Crippen LogP contribution in [0.4, 0.5) is 0 Å². The number of aliphatic hydroxyl groups is 1. The van der Waals surface area contributed by atoms with Gasteiger partial charge in [-0.3, -0.25) is 0 Å². The summed E-state index contributed by atoms with van der Waals surface area (Å²) < 4.78 is 0. The Morgan fingerprint density at radius 2 is 1.73 bits per heavy atom. The minimum atomic E-state index is -0.106. The van der Waals surface area contributed by atoms with Crippen LogP contribution in [0.15, 0.2) is 23.3 Å². The van der Waals surface area contributed by atoms with Crippen molar-refractivity contribution in [3.8, 4) is 0 Å². The van der Waals surface area contributed by atoms with E-state index in [2.05, 4.69) is 60.6 Å². The second-order valence-electron chi connectivity index (χ2n) is 12.9. The van der Waals surface area contributed by atoms with E-state index in [0.29, 0.717) is 22.7 Å². The van der Waals surface area contributed by atoms with E-state index in [0.717, 1.165) is 30.6 Å². The highest BCUT2D eigenvalue weighted by molar-refractivity contribution is 5.49. The van der Waals surface area contributed by atoms with Crippen molar-refractivity contribution in [2.24, 2.45) is 45.8 Å². The molecule has 1 N–H and O–H groups in total. The van der Waals surface area contributed by atoms with E-state index in [-0.39, 0.29) is 11.5 Å². The highest BCUT2D eigenvalue weighted by atomic mass is 16.3. The van der Waals surface area contributed by atoms with Crippen LogP contribution in [0.3, 0.4) is 0 Å². The first-order valence-electron chi connectivity index (χ1n) is 13.1. The van der Waals surface area contributed by atoms with Crippen LogP contribution in [-0.4, -0.2) is 11.2 Å². The molecule has 1 nitrogen and oxygen atoms in total. The van der Waals surface area contributed by atoms with Crippen LogP contribution < -0.4 is 0 Å². The molecule has 170 valence electrons. The number of rotatable bonds is 5. The predicted molar refractivity (Wildman–Crippen MR) is 128 cm³/mol. The summed E-state index contributed by atoms with van der Waals surface area (Å²) in [6.07, 6.45) is 16.7. The molecule has 0 aromatic carbocycles. The number of hydrogen-bond acceptors (Lipinski definition) is 1. The van der Waals surface area contributed by atoms with Crippen molar-refractivity contribution in [3.63, 3.8) is 0 Å². The van der Waals surface area contributed by atoms with Crippen LogP contribution >= 0.6 is 0 Å². The third-order valence-corrected chi connectivity index (χ3v) is 11.0. The van der Waals surface area contributed by atoms with Gasteiger partial charge in [0.05, 0.1) is 6.10 Å². The van der Waals surface area contributed by atoms with Crippen molar-refractivity contribution in [1.82, 2.24) is 0 Å². The van der Waals surface area contributed by atoms with E-state index >= 15 is 0 Å². The fourth-order valence-corrected chi connectivity index (χ4v) is 8.63. The van der Waals surface area contributed by atoms with Crippen LogP contribution in [0.1, 0.15) is 106 Å². The van der Waals surface area contributed by atoms with E-state index < -0.39 is 0 Å². The van der Waals surface area contributed by atoms with Gasteiger partial charge in [-0.15, -0.1) is 0 Å². The van der Waals surface area contributed by atoms with Gasteiger partial charge in [0, 0.05) is 0 Å². The van der Waals surface area contributed by atoms with Crippen LogP contribution in [0.25, 0.3) is 0 Å². The highest BCUT2D eigenvalue weighted by Crippen LogP contribution is 2.70. The smallest absolute Gasteiger partial charge is 0.0569 e. The number of fused-ring (bicyclic) bond motifs is 5. The van der Waals surface area contributed by atoms with E-state index in [1.54, 1.807) is 11.1 Å². The summed E-state index contributed by atoms with van der Waals surface area (Å²) in [6, 6.07) is 0. The number of allylic oxidation sites excluding steroid dienone is 4. The molecule has 2 fully saturated rings. The summed E-state index contributed by atoms with van der Waals surface area (Å²) in [4.78, 5) is 0. The lowest BCUT2D eigenvalue weighted by atomic mass is 9.46. The fraction of sp³-hybridized carbons (Fsp3) is 0.862. The van der Waals surface area contributed by atoms with Gasteiger partial charge in [0.25, 0.3) is 0 Å². The summed E-state index contributed by atoms with van der Waals surface area (Å²) in [5.41, 5.74) is 4.42. The van der Waals surface area contributed by atoms with E-state index in [1.807, 2.05) is 0 Å². The summed E-state index contributed by atoms with van der Waals surface area (Å²) in [7, 11) is 0. The van der Waals surface area contributed by atoms with Gasteiger partial charge in [0.15, 0.2) is 0 Å². The standard InChI is InChI=1S/C29H48O/c1-19(2)9-8-10-20(3)22-13-17-29(7)25-12-11-23-21(4)26(30)15-16-27(23,5)24(25)14-18-28(22,29)6/h12,14,19-23,26,30H,8-11,13,15-18H2,1-7H3/t20-,21+,22-,23+,26+,27+,28-,29+/m1/s1. The average Bonchev–Trinajstić information content (AvgIpc) is 2.96. The first-order valence-corrected chi connectivity index (χ1v) is 13.1. The Labute approximate surface area is 186 Å². The molecule has 0 aromatic heterocycles. The minimum Gasteiger partial charge on any atom is -0.393 e. The molecule has 8 atom stereocenters. The lowest BCUT2D eigenvalue weighted by Crippen LogP contribution is -2.50. The topological polar surface area (TPSA) is 20.2 Å². The van der Waals surface area contributed by atoms with Crippen molar-refractivity contribution in [2.45, 2.75) is 112 Å². The molecular weight excluding hydrogens is 364 g/mol. The molecule has 0 aliphatic heterocycles. The van der Waals surface area contributed by atoms with Crippen molar-refractivity contribution >= 4 is 0 Å². The van der Waals surface area contributed by atoms with Crippen LogP contribution in [0.2, 0.25) is 0 Å². The zero-order chi connectivity index (χ0) is 21.9. The maximum Gasteiger partial charge on any atom is 0.0569 e. The van der Waals surface area contributed by atoms with Crippen LogP contribution in [0, 0.1) is 45.8 Å². The summed E-state index contributed by atoms with van der Waals surface area (Å²) in [5, 5.41) is 10.5. The predicted octanol–water partition coefficient (Wildman–Crippen LogP) is 7.94. The average molecular weight is 413 g/mol. The zero-order valence-corrected chi connectivity index (χ0v) is 20.9. The molecular formula is C29H48O. The third kappa shape index (κ3) is 3.20. The van der Waals surface area contributed by atoms with E-state index in [9.17, 15) is 5.11 Å². The Morgan fingerprint density at radius 1 is 1.00 bits per heavy atom. The van der Waals surface area contributed by atoms with Gasteiger partial charge in [-0.2, -0.15) is 0 Å². The Balaban J connectivity index is 1.61. The van der Waals surface area contributed by atoms with Gasteiger partial charge in [0.1, 0.15) is 0 Å². The Hall–Kier alpha value is -0.560. The van der Waals surface area contributed by atoms with Gasteiger partial charge in [-0.1, -0.05) is 79.9 Å². The quantitative estimate of drug-likeness (QED) is 0.486. The van der Waals surface area contributed by atoms with Crippen molar-refractivity contribution in [1.29, 1.82) is 0 Å². The molecule has 0 saturated heterocycles. The first-order chi connectivity index (χ1) is 14.0. The van der Waals surface area contributed by atoms with Gasteiger partial charge >= 0.3 is 0 Å². The van der Waals surface area contributed by atoms with Gasteiger partial charge in [-0.05, 0) is 95.5 Å². The van der Waals surface area contributed by atoms with E-state index in [4.69, 9.17) is 0 Å². The lowest BCUT2D eigenvalue weighted by Gasteiger charge is -2.58. The van der Waals surface area contributed by atoms with Crippen molar-refractivity contribution in [2.75, 3.05) is 0 Å². The molecule has 0 amide bonds. The molecule has 0 aromatic rings. The normalized spacial score (nSPS) is 46.6. The van der Waals surface area contributed by atoms with E-state index in [1.165, 1.54) is 44.9 Å². The van der Waals surface area contributed by atoms with Crippen LogP contribution in [-0.2, 0) is 0 Å². The number of hydrogen-bond donors (Lipinski definition) is 1. The molecule has 0 radical (unpaired) electrons. The van der Waals surface area contributed by atoms with Crippen molar-refractivity contribution < 1.29 is 5.11 Å². The fourth-order valence-electron chi connectivity index (χ4n) is 8.63. The molecule has 0 heterocycles. The summed E-state index contributed by atoms with van der Waals surface area (Å²) >= 11 is 0. The third-order valence-electron chi connectivity index (χ3n) is 11.0. The molecule has 4 aliphatic carbocycles. The molecule has 0 unspecified atom stereocenters. The van der Waals surface area contributed by atoms with Gasteiger partial charge in [0.2, 0.25) is 0 Å². The molecule has 0 bridgehead atoms. The lowest BCUT2D eigenvalue weighted by molar-refractivity contribution is -0.0247. The van der Waals surface area contributed by atoms with Crippen LogP contribution in [0.5, 0.6) is 0 Å². The maximum atomic E-state index is 10.5. The molecule has 0 spiro atoms. The Morgan fingerprint density at radius 3 is 2.43 bits per heavy atom. The number of aliphatic hydroxyl groups excluding tert-OH is 1. The second kappa shape index (κ2) is 7.79. The SMILES string of the molecule is CC(C)CCC[C@@H](C)[C@H]1CC[C@@]2(C)C3=CC[C@H]4[C@H](C)[C@@H](O)CC[C@]4(C)C3=CC[C@]12C. The minimum absolute atomic E-state index is 0.106. The summed E-state index contributed by atoms with van der Waals surface area (Å²) in [5.74, 6) is 3.55. The largest absolute Gasteiger partial charge is 0.393 e. The maximum absolute atomic E-state index is 10.5. The Bertz CT molecular complexity index is 716. The Kier molecular flexibility index (Phi) is 5.87. The van der Waals surface area contributed by atoms with Gasteiger partial charge in [-0.25, -0.2) is 0 Å². The molecule has 1 heteroatoms. The monoisotopic (exact) mass is 412 g/mol.